The van der Waals surface area contributed by atoms with Crippen molar-refractivity contribution in [2.45, 2.75) is 12.8 Å². The molecule has 0 saturated carbocycles. The molecule has 2 aliphatic rings. The quantitative estimate of drug-likeness (QED) is 0.243. The molecule has 0 N–H and O–H groups in total. The first-order valence-corrected chi connectivity index (χ1v) is 12.0. The molecule has 4 nitrogen and oxygen atoms in total. The highest BCUT2D eigenvalue weighted by Crippen LogP contribution is 2.49. The normalized spacial score (nSPS) is 13.5. The number of benzene rings is 3. The van der Waals surface area contributed by atoms with E-state index in [2.05, 4.69) is 69.0 Å². The van der Waals surface area contributed by atoms with Crippen molar-refractivity contribution in [3.8, 4) is 22.3 Å². The highest BCUT2D eigenvalue weighted by Gasteiger charge is 2.29. The van der Waals surface area contributed by atoms with Crippen LogP contribution < -0.4 is 0 Å². The molecule has 4 heterocycles. The molecule has 7 aromatic rings. The summed E-state index contributed by atoms with van der Waals surface area (Å²) in [6.45, 7) is 0. The average molecular weight is 447 g/mol. The third-order valence-electron chi connectivity index (χ3n) is 8.07. The van der Waals surface area contributed by atoms with Gasteiger partial charge in [-0.05, 0) is 80.9 Å². The van der Waals surface area contributed by atoms with Gasteiger partial charge in [-0.25, -0.2) is 4.98 Å². The van der Waals surface area contributed by atoms with Crippen LogP contribution in [0.1, 0.15) is 22.3 Å². The van der Waals surface area contributed by atoms with Gasteiger partial charge in [0.05, 0.1) is 23.4 Å². The second-order valence-electron chi connectivity index (χ2n) is 9.67. The van der Waals surface area contributed by atoms with Gasteiger partial charge in [-0.1, -0.05) is 42.5 Å². The SMILES string of the molecule is c1ccc2c(c1)Cc1c-2ccc2c1Cc1c-2ccc2c1c1ccncc1n1c3ccncc3nc21. The first-order chi connectivity index (χ1) is 17.4. The highest BCUT2D eigenvalue weighted by molar-refractivity contribution is 6.17. The number of hydrogen-bond donors (Lipinski definition) is 0. The number of nitrogens with zero attached hydrogens (tertiary/aromatic N) is 4. The summed E-state index contributed by atoms with van der Waals surface area (Å²) in [6.07, 6.45) is 9.54. The van der Waals surface area contributed by atoms with Gasteiger partial charge in [0.1, 0.15) is 11.2 Å². The molecule has 0 atom stereocenters. The van der Waals surface area contributed by atoms with E-state index < -0.39 is 0 Å². The molecule has 0 bridgehead atoms. The van der Waals surface area contributed by atoms with Crippen LogP contribution in [0.2, 0.25) is 0 Å². The summed E-state index contributed by atoms with van der Waals surface area (Å²) in [6, 6.07) is 22.3. The van der Waals surface area contributed by atoms with E-state index in [-0.39, 0.29) is 0 Å². The summed E-state index contributed by atoms with van der Waals surface area (Å²) < 4.78 is 2.24. The van der Waals surface area contributed by atoms with Crippen LogP contribution in [0.15, 0.2) is 85.5 Å². The highest BCUT2D eigenvalue weighted by atomic mass is 15.0. The maximum Gasteiger partial charge on any atom is 0.146 e. The monoisotopic (exact) mass is 446 g/mol. The van der Waals surface area contributed by atoms with Crippen molar-refractivity contribution in [1.29, 1.82) is 0 Å². The minimum absolute atomic E-state index is 0.907. The first kappa shape index (κ1) is 17.8. The molecule has 162 valence electrons. The Morgan fingerprint density at radius 3 is 2.34 bits per heavy atom. The van der Waals surface area contributed by atoms with E-state index in [0.717, 1.165) is 35.0 Å². The Labute approximate surface area is 200 Å². The van der Waals surface area contributed by atoms with E-state index in [1.54, 1.807) is 0 Å². The fourth-order valence-electron chi connectivity index (χ4n) is 6.62. The van der Waals surface area contributed by atoms with E-state index in [1.807, 2.05) is 30.9 Å². The molecule has 3 aromatic carbocycles. The molecule has 2 aliphatic carbocycles. The summed E-state index contributed by atoms with van der Waals surface area (Å²) in [5, 5.41) is 3.71. The van der Waals surface area contributed by atoms with Crippen LogP contribution in [0.3, 0.4) is 0 Å². The summed E-state index contributed by atoms with van der Waals surface area (Å²) >= 11 is 0. The number of rotatable bonds is 0. The van der Waals surface area contributed by atoms with Gasteiger partial charge in [0.15, 0.2) is 0 Å². The van der Waals surface area contributed by atoms with E-state index in [1.165, 1.54) is 60.7 Å². The standard InChI is InChI=1S/C31H18N4/c1-2-4-18-17(3-1)13-24-19(18)5-6-20-21-7-8-23-30(26(21)14-25(20)24)22-9-11-33-16-29(22)35-28-10-12-32-15-27(28)34-31(23)35/h1-12,15-16H,13-14H2. The molecule has 35 heavy (non-hydrogen) atoms. The Morgan fingerprint density at radius 2 is 1.37 bits per heavy atom. The Bertz CT molecular complexity index is 2070. The van der Waals surface area contributed by atoms with Gasteiger partial charge >= 0.3 is 0 Å². The second kappa shape index (κ2) is 6.10. The second-order valence-corrected chi connectivity index (χ2v) is 9.67. The van der Waals surface area contributed by atoms with Crippen molar-refractivity contribution in [2.75, 3.05) is 0 Å². The molecule has 0 saturated heterocycles. The van der Waals surface area contributed by atoms with Crippen molar-refractivity contribution >= 4 is 38.4 Å². The van der Waals surface area contributed by atoms with E-state index >= 15 is 0 Å². The van der Waals surface area contributed by atoms with Crippen LogP contribution in [0.5, 0.6) is 0 Å². The van der Waals surface area contributed by atoms with E-state index in [9.17, 15) is 0 Å². The van der Waals surface area contributed by atoms with Crippen molar-refractivity contribution in [3.63, 3.8) is 0 Å². The molecular formula is C31H18N4. The van der Waals surface area contributed by atoms with Gasteiger partial charge in [-0.15, -0.1) is 0 Å². The Hall–Kier alpha value is -4.57. The molecule has 0 fully saturated rings. The Balaban J connectivity index is 1.39. The number of imidazole rings is 1. The lowest BCUT2D eigenvalue weighted by molar-refractivity contribution is 1.17. The van der Waals surface area contributed by atoms with Crippen LogP contribution in [-0.2, 0) is 12.8 Å². The maximum absolute atomic E-state index is 5.03. The summed E-state index contributed by atoms with van der Waals surface area (Å²) in [4.78, 5) is 13.8. The smallest absolute Gasteiger partial charge is 0.146 e. The zero-order valence-corrected chi connectivity index (χ0v) is 18.8. The third kappa shape index (κ3) is 2.11. The number of fused-ring (bicyclic) bond motifs is 16. The van der Waals surface area contributed by atoms with Crippen LogP contribution in [0, 0.1) is 0 Å². The number of aromatic nitrogens is 4. The molecule has 4 heteroatoms. The lowest BCUT2D eigenvalue weighted by atomic mass is 9.96. The molecule has 0 amide bonds. The fourth-order valence-corrected chi connectivity index (χ4v) is 6.62. The van der Waals surface area contributed by atoms with Gasteiger partial charge < -0.3 is 0 Å². The predicted octanol–water partition coefficient (Wildman–Crippen LogP) is 6.73. The van der Waals surface area contributed by atoms with E-state index in [0.29, 0.717) is 0 Å². The maximum atomic E-state index is 5.03. The largest absolute Gasteiger partial charge is 0.290 e. The topological polar surface area (TPSA) is 43.1 Å². The summed E-state index contributed by atoms with van der Waals surface area (Å²) in [5.41, 5.74) is 15.4. The summed E-state index contributed by atoms with van der Waals surface area (Å²) in [5.74, 6) is 0. The van der Waals surface area contributed by atoms with Gasteiger partial charge in [-0.2, -0.15) is 0 Å². The van der Waals surface area contributed by atoms with Gasteiger partial charge in [-0.3, -0.25) is 14.4 Å². The lowest BCUT2D eigenvalue weighted by Crippen LogP contribution is -1.95. The molecular weight excluding hydrogens is 428 g/mol. The van der Waals surface area contributed by atoms with Crippen LogP contribution in [0.4, 0.5) is 0 Å². The van der Waals surface area contributed by atoms with Gasteiger partial charge in [0.2, 0.25) is 0 Å². The van der Waals surface area contributed by atoms with Crippen LogP contribution in [0.25, 0.3) is 60.6 Å². The molecule has 0 radical (unpaired) electrons. The lowest BCUT2D eigenvalue weighted by Gasteiger charge is -2.12. The van der Waals surface area contributed by atoms with Crippen LogP contribution >= 0.6 is 0 Å². The van der Waals surface area contributed by atoms with Gasteiger partial charge in [0, 0.05) is 23.2 Å². The zero-order valence-electron chi connectivity index (χ0n) is 18.8. The predicted molar refractivity (Wildman–Crippen MR) is 140 cm³/mol. The Kier molecular flexibility index (Phi) is 3.11. The van der Waals surface area contributed by atoms with E-state index in [4.69, 9.17) is 4.98 Å². The number of pyridine rings is 3. The zero-order chi connectivity index (χ0) is 22.7. The Morgan fingerprint density at radius 1 is 0.600 bits per heavy atom. The average Bonchev–Trinajstić information content (AvgIpc) is 3.59. The minimum Gasteiger partial charge on any atom is -0.290 e. The number of hydrogen-bond acceptors (Lipinski definition) is 3. The van der Waals surface area contributed by atoms with Gasteiger partial charge in [0.25, 0.3) is 0 Å². The third-order valence-corrected chi connectivity index (χ3v) is 8.07. The van der Waals surface area contributed by atoms with Crippen molar-refractivity contribution in [2.24, 2.45) is 0 Å². The minimum atomic E-state index is 0.907. The van der Waals surface area contributed by atoms with Crippen molar-refractivity contribution < 1.29 is 0 Å². The van der Waals surface area contributed by atoms with Crippen molar-refractivity contribution in [1.82, 2.24) is 19.4 Å². The van der Waals surface area contributed by atoms with Crippen molar-refractivity contribution in [3.05, 3.63) is 108 Å². The summed E-state index contributed by atoms with van der Waals surface area (Å²) in [7, 11) is 0. The fraction of sp³-hybridized carbons (Fsp3) is 0.0645. The molecule has 4 aromatic heterocycles. The molecule has 0 spiro atoms. The van der Waals surface area contributed by atoms with Crippen LogP contribution in [-0.4, -0.2) is 19.4 Å². The first-order valence-electron chi connectivity index (χ1n) is 12.0. The molecule has 0 aliphatic heterocycles. The molecule has 0 unspecified atom stereocenters. The molecule has 9 rings (SSSR count).